The van der Waals surface area contributed by atoms with Crippen molar-refractivity contribution in [1.82, 2.24) is 10.2 Å². The molecule has 0 aromatic carbocycles. The molecule has 3 atom stereocenters. The number of piperazine rings is 1. The third-order valence-electron chi connectivity index (χ3n) is 4.24. The molecule has 1 saturated heterocycles. The quantitative estimate of drug-likeness (QED) is 0.797. The largest absolute Gasteiger partial charge is 0.311 e. The zero-order valence-electron chi connectivity index (χ0n) is 13.2. The van der Waals surface area contributed by atoms with Gasteiger partial charge in [-0.1, -0.05) is 45.7 Å². The maximum atomic E-state index is 5.85. The highest BCUT2D eigenvalue weighted by atomic mass is 35.5. The predicted octanol–water partition coefficient (Wildman–Crippen LogP) is 3.86. The first-order valence-corrected chi connectivity index (χ1v) is 8.14. The molecule has 0 amide bonds. The highest BCUT2D eigenvalue weighted by molar-refractivity contribution is 6.25. The summed E-state index contributed by atoms with van der Waals surface area (Å²) < 4.78 is 0. The molecule has 19 heavy (non-hydrogen) atoms. The summed E-state index contributed by atoms with van der Waals surface area (Å²) in [6.45, 7) is 14.6. The topological polar surface area (TPSA) is 15.3 Å². The lowest BCUT2D eigenvalue weighted by Crippen LogP contribution is -2.59. The molecule has 0 radical (unpaired) electrons. The van der Waals surface area contributed by atoms with Gasteiger partial charge in [0.25, 0.3) is 0 Å². The standard InChI is InChI=1S/C16H31ClN2/c1-6-14(5)16-9-18-15(7-12(2)3)11-19(16)10-13(4)8-17/h8,12,14-16,18H,6-7,9-11H2,1-5H3. The van der Waals surface area contributed by atoms with Crippen molar-refractivity contribution in [2.24, 2.45) is 11.8 Å². The summed E-state index contributed by atoms with van der Waals surface area (Å²) in [5.74, 6) is 1.49. The Balaban J connectivity index is 2.68. The zero-order valence-corrected chi connectivity index (χ0v) is 14.0. The fourth-order valence-corrected chi connectivity index (χ4v) is 3.07. The minimum atomic E-state index is 0.628. The first-order chi connectivity index (χ1) is 8.97. The summed E-state index contributed by atoms with van der Waals surface area (Å²) in [5.41, 5.74) is 2.99. The molecular formula is C16H31ClN2. The average Bonchev–Trinajstić information content (AvgIpc) is 2.37. The van der Waals surface area contributed by atoms with Gasteiger partial charge >= 0.3 is 0 Å². The first-order valence-electron chi connectivity index (χ1n) is 7.71. The van der Waals surface area contributed by atoms with E-state index in [4.69, 9.17) is 11.6 Å². The second-order valence-corrected chi connectivity index (χ2v) is 6.79. The van der Waals surface area contributed by atoms with Crippen LogP contribution in [0.4, 0.5) is 0 Å². The monoisotopic (exact) mass is 286 g/mol. The van der Waals surface area contributed by atoms with Gasteiger partial charge in [-0.3, -0.25) is 4.90 Å². The van der Waals surface area contributed by atoms with Gasteiger partial charge < -0.3 is 5.32 Å². The van der Waals surface area contributed by atoms with Gasteiger partial charge in [-0.05, 0) is 30.8 Å². The van der Waals surface area contributed by atoms with E-state index < -0.39 is 0 Å². The molecule has 1 aliphatic rings. The molecule has 0 aromatic heterocycles. The Kier molecular flexibility index (Phi) is 7.41. The Morgan fingerprint density at radius 2 is 2.11 bits per heavy atom. The van der Waals surface area contributed by atoms with Crippen molar-refractivity contribution in [3.05, 3.63) is 11.1 Å². The van der Waals surface area contributed by atoms with Gasteiger partial charge in [-0.2, -0.15) is 0 Å². The van der Waals surface area contributed by atoms with Crippen LogP contribution in [0.5, 0.6) is 0 Å². The molecule has 1 aliphatic heterocycles. The van der Waals surface area contributed by atoms with Crippen molar-refractivity contribution in [3.63, 3.8) is 0 Å². The second kappa shape index (κ2) is 8.28. The summed E-state index contributed by atoms with van der Waals surface area (Å²) in [4.78, 5) is 2.63. The fraction of sp³-hybridized carbons (Fsp3) is 0.875. The van der Waals surface area contributed by atoms with Crippen LogP contribution in [0, 0.1) is 11.8 Å². The molecule has 3 unspecified atom stereocenters. The lowest BCUT2D eigenvalue weighted by Gasteiger charge is -2.43. The van der Waals surface area contributed by atoms with E-state index >= 15 is 0 Å². The minimum absolute atomic E-state index is 0.628. The number of nitrogens with zero attached hydrogens (tertiary/aromatic N) is 1. The molecule has 0 spiro atoms. The van der Waals surface area contributed by atoms with Crippen molar-refractivity contribution >= 4 is 11.6 Å². The molecule has 112 valence electrons. The molecule has 0 bridgehead atoms. The third-order valence-corrected chi connectivity index (χ3v) is 4.61. The van der Waals surface area contributed by atoms with E-state index in [0.29, 0.717) is 12.1 Å². The summed E-state index contributed by atoms with van der Waals surface area (Å²) in [5, 5.41) is 3.74. The zero-order chi connectivity index (χ0) is 14.4. The lowest BCUT2D eigenvalue weighted by atomic mass is 9.92. The van der Waals surface area contributed by atoms with E-state index in [1.807, 2.05) is 0 Å². The Hall–Kier alpha value is -0.0500. The van der Waals surface area contributed by atoms with Crippen LogP contribution in [0.15, 0.2) is 11.1 Å². The summed E-state index contributed by atoms with van der Waals surface area (Å²) in [6.07, 6.45) is 2.49. The van der Waals surface area contributed by atoms with Gasteiger partial charge in [0.1, 0.15) is 0 Å². The molecule has 3 heteroatoms. The van der Waals surface area contributed by atoms with E-state index in [9.17, 15) is 0 Å². The van der Waals surface area contributed by atoms with Gasteiger partial charge in [0.05, 0.1) is 0 Å². The molecule has 1 heterocycles. The Morgan fingerprint density at radius 1 is 1.42 bits per heavy atom. The molecule has 1 rings (SSSR count). The van der Waals surface area contributed by atoms with Crippen molar-refractivity contribution < 1.29 is 0 Å². The van der Waals surface area contributed by atoms with Crippen molar-refractivity contribution in [2.45, 2.75) is 59.5 Å². The first kappa shape index (κ1) is 17.0. The Morgan fingerprint density at radius 3 is 2.63 bits per heavy atom. The number of rotatable bonds is 6. The Bertz CT molecular complexity index is 288. The molecule has 1 N–H and O–H groups in total. The number of nitrogens with one attached hydrogen (secondary N) is 1. The fourth-order valence-electron chi connectivity index (χ4n) is 3.00. The molecule has 0 saturated carbocycles. The van der Waals surface area contributed by atoms with E-state index in [1.165, 1.54) is 18.4 Å². The van der Waals surface area contributed by atoms with Gasteiger partial charge in [-0.15, -0.1) is 0 Å². The smallest absolute Gasteiger partial charge is 0.0250 e. The SMILES string of the molecule is CCC(C)C1CNC(CC(C)C)CN1CC(C)=CCl. The van der Waals surface area contributed by atoms with Crippen LogP contribution in [0.1, 0.15) is 47.5 Å². The van der Waals surface area contributed by atoms with E-state index in [1.54, 1.807) is 5.54 Å². The highest BCUT2D eigenvalue weighted by Crippen LogP contribution is 2.21. The molecule has 2 nitrogen and oxygen atoms in total. The van der Waals surface area contributed by atoms with Gasteiger partial charge in [0.2, 0.25) is 0 Å². The summed E-state index contributed by atoms with van der Waals surface area (Å²) in [7, 11) is 0. The Labute approximate surface area is 124 Å². The van der Waals surface area contributed by atoms with Crippen molar-refractivity contribution in [2.75, 3.05) is 19.6 Å². The van der Waals surface area contributed by atoms with Crippen LogP contribution >= 0.6 is 11.6 Å². The van der Waals surface area contributed by atoms with Gasteiger partial charge in [0.15, 0.2) is 0 Å². The number of halogens is 1. The normalized spacial score (nSPS) is 27.8. The molecule has 0 aromatic rings. The third kappa shape index (κ3) is 5.45. The van der Waals surface area contributed by atoms with E-state index in [-0.39, 0.29) is 0 Å². The second-order valence-electron chi connectivity index (χ2n) is 6.57. The molecular weight excluding hydrogens is 256 g/mol. The highest BCUT2D eigenvalue weighted by Gasteiger charge is 2.30. The van der Waals surface area contributed by atoms with Crippen LogP contribution in [-0.2, 0) is 0 Å². The van der Waals surface area contributed by atoms with Crippen LogP contribution in [-0.4, -0.2) is 36.6 Å². The van der Waals surface area contributed by atoms with Crippen molar-refractivity contribution in [3.8, 4) is 0 Å². The van der Waals surface area contributed by atoms with Crippen LogP contribution in [0.2, 0.25) is 0 Å². The van der Waals surface area contributed by atoms with E-state index in [2.05, 4.69) is 44.8 Å². The predicted molar refractivity (Wildman–Crippen MR) is 85.7 cm³/mol. The van der Waals surface area contributed by atoms with Gasteiger partial charge in [0, 0.05) is 37.3 Å². The minimum Gasteiger partial charge on any atom is -0.311 e. The summed E-state index contributed by atoms with van der Waals surface area (Å²) in [6, 6.07) is 1.27. The average molecular weight is 287 g/mol. The number of hydrogen-bond donors (Lipinski definition) is 1. The van der Waals surface area contributed by atoms with Gasteiger partial charge in [-0.25, -0.2) is 0 Å². The number of hydrogen-bond acceptors (Lipinski definition) is 2. The molecule has 0 aliphatic carbocycles. The maximum absolute atomic E-state index is 5.85. The van der Waals surface area contributed by atoms with Crippen molar-refractivity contribution in [1.29, 1.82) is 0 Å². The maximum Gasteiger partial charge on any atom is 0.0250 e. The van der Waals surface area contributed by atoms with E-state index in [0.717, 1.165) is 31.5 Å². The molecule has 1 fully saturated rings. The summed E-state index contributed by atoms with van der Waals surface area (Å²) >= 11 is 5.85. The lowest BCUT2D eigenvalue weighted by molar-refractivity contribution is 0.0949. The van der Waals surface area contributed by atoms with Crippen LogP contribution in [0.3, 0.4) is 0 Å². The van der Waals surface area contributed by atoms with Crippen LogP contribution < -0.4 is 5.32 Å². The van der Waals surface area contributed by atoms with Crippen LogP contribution in [0.25, 0.3) is 0 Å².